The molecule has 0 radical (unpaired) electrons. The third-order valence-electron chi connectivity index (χ3n) is 2.28. The van der Waals surface area contributed by atoms with Crippen molar-refractivity contribution >= 4 is 5.91 Å². The van der Waals surface area contributed by atoms with Gasteiger partial charge in [0.25, 0.3) is 5.91 Å². The van der Waals surface area contributed by atoms with E-state index in [1.54, 1.807) is 4.90 Å². The Morgan fingerprint density at radius 1 is 1.60 bits per heavy atom. The van der Waals surface area contributed by atoms with Crippen molar-refractivity contribution < 1.29 is 14.3 Å². The zero-order valence-corrected chi connectivity index (χ0v) is 8.94. The Hall–Kier alpha value is -1.12. The van der Waals surface area contributed by atoms with Crippen LogP contribution in [0.1, 0.15) is 13.3 Å². The number of ether oxygens (including phenoxy) is 2. The van der Waals surface area contributed by atoms with Gasteiger partial charge in [0.05, 0.1) is 32.3 Å². The van der Waals surface area contributed by atoms with Gasteiger partial charge in [0, 0.05) is 13.1 Å². The van der Waals surface area contributed by atoms with E-state index in [0.717, 1.165) is 0 Å². The van der Waals surface area contributed by atoms with Gasteiger partial charge in [0.15, 0.2) is 6.10 Å². The lowest BCUT2D eigenvalue weighted by atomic mass is 10.2. The molecule has 0 aromatic rings. The second kappa shape index (κ2) is 6.38. The van der Waals surface area contributed by atoms with Gasteiger partial charge in [-0.05, 0) is 6.92 Å². The van der Waals surface area contributed by atoms with E-state index in [9.17, 15) is 4.79 Å². The normalized spacial score (nSPS) is 20.7. The van der Waals surface area contributed by atoms with Gasteiger partial charge in [-0.15, -0.1) is 0 Å². The average Bonchev–Trinajstić information content (AvgIpc) is 2.31. The molecule has 0 bridgehead atoms. The van der Waals surface area contributed by atoms with Crippen LogP contribution in [0.3, 0.4) is 0 Å². The minimum atomic E-state index is -0.489. The van der Waals surface area contributed by atoms with Crippen molar-refractivity contribution in [3.63, 3.8) is 0 Å². The summed E-state index contributed by atoms with van der Waals surface area (Å²) in [6, 6.07) is 2.02. The van der Waals surface area contributed by atoms with Crippen molar-refractivity contribution in [2.75, 3.05) is 32.9 Å². The SMILES string of the molecule is CCN(CCC#N)C(=O)C1COCCO1. The van der Waals surface area contributed by atoms with Crippen LogP contribution in [-0.4, -0.2) is 49.8 Å². The first-order valence-corrected chi connectivity index (χ1v) is 5.14. The van der Waals surface area contributed by atoms with Crippen LogP contribution in [0.15, 0.2) is 0 Å². The molecule has 1 aliphatic heterocycles. The van der Waals surface area contributed by atoms with Gasteiger partial charge in [-0.25, -0.2) is 0 Å². The third-order valence-corrected chi connectivity index (χ3v) is 2.28. The second-order valence-corrected chi connectivity index (χ2v) is 3.26. The number of amides is 1. The molecular formula is C10H16N2O3. The van der Waals surface area contributed by atoms with E-state index < -0.39 is 6.10 Å². The number of rotatable bonds is 4. The van der Waals surface area contributed by atoms with Crippen LogP contribution in [0.25, 0.3) is 0 Å². The fraction of sp³-hybridized carbons (Fsp3) is 0.800. The monoisotopic (exact) mass is 212 g/mol. The van der Waals surface area contributed by atoms with Crippen molar-refractivity contribution in [1.82, 2.24) is 4.90 Å². The van der Waals surface area contributed by atoms with Crippen LogP contribution < -0.4 is 0 Å². The molecule has 1 heterocycles. The summed E-state index contributed by atoms with van der Waals surface area (Å²) < 4.78 is 10.5. The third kappa shape index (κ3) is 3.50. The van der Waals surface area contributed by atoms with Crippen LogP contribution in [0.4, 0.5) is 0 Å². The molecular weight excluding hydrogens is 196 g/mol. The maximum absolute atomic E-state index is 11.8. The van der Waals surface area contributed by atoms with Crippen LogP contribution in [0, 0.1) is 11.3 Å². The van der Waals surface area contributed by atoms with Crippen molar-refractivity contribution in [3.05, 3.63) is 0 Å². The van der Waals surface area contributed by atoms with E-state index in [-0.39, 0.29) is 5.91 Å². The molecule has 1 atom stereocenters. The van der Waals surface area contributed by atoms with E-state index in [1.807, 2.05) is 13.0 Å². The summed E-state index contributed by atoms with van der Waals surface area (Å²) in [6.45, 7) is 4.28. The van der Waals surface area contributed by atoms with E-state index in [4.69, 9.17) is 14.7 Å². The summed E-state index contributed by atoms with van der Waals surface area (Å²) >= 11 is 0. The molecule has 0 spiro atoms. The van der Waals surface area contributed by atoms with Gasteiger partial charge in [-0.3, -0.25) is 4.79 Å². The number of hydrogen-bond acceptors (Lipinski definition) is 4. The number of nitrogens with zero attached hydrogens (tertiary/aromatic N) is 2. The molecule has 1 fully saturated rings. The predicted molar refractivity (Wildman–Crippen MR) is 53.0 cm³/mol. The summed E-state index contributed by atoms with van der Waals surface area (Å²) in [5.41, 5.74) is 0. The zero-order chi connectivity index (χ0) is 11.1. The van der Waals surface area contributed by atoms with Gasteiger partial charge < -0.3 is 14.4 Å². The lowest BCUT2D eigenvalue weighted by molar-refractivity contribution is -0.157. The largest absolute Gasteiger partial charge is 0.376 e. The van der Waals surface area contributed by atoms with Gasteiger partial charge in [-0.1, -0.05) is 0 Å². The van der Waals surface area contributed by atoms with Gasteiger partial charge in [-0.2, -0.15) is 5.26 Å². The van der Waals surface area contributed by atoms with Crippen molar-refractivity contribution in [2.45, 2.75) is 19.4 Å². The van der Waals surface area contributed by atoms with Crippen LogP contribution in [0.2, 0.25) is 0 Å². The van der Waals surface area contributed by atoms with Crippen LogP contribution in [0.5, 0.6) is 0 Å². The molecule has 0 aliphatic carbocycles. The Balaban J connectivity index is 2.44. The number of carbonyl (C=O) groups excluding carboxylic acids is 1. The number of hydrogen-bond donors (Lipinski definition) is 0. The Morgan fingerprint density at radius 2 is 2.40 bits per heavy atom. The Bertz CT molecular complexity index is 244. The van der Waals surface area contributed by atoms with Crippen molar-refractivity contribution in [1.29, 1.82) is 5.26 Å². The van der Waals surface area contributed by atoms with E-state index in [0.29, 0.717) is 39.3 Å². The average molecular weight is 212 g/mol. The minimum Gasteiger partial charge on any atom is -0.376 e. The minimum absolute atomic E-state index is 0.0764. The lowest BCUT2D eigenvalue weighted by Gasteiger charge is -2.28. The van der Waals surface area contributed by atoms with E-state index >= 15 is 0 Å². The zero-order valence-electron chi connectivity index (χ0n) is 8.94. The second-order valence-electron chi connectivity index (χ2n) is 3.26. The Morgan fingerprint density at radius 3 is 2.93 bits per heavy atom. The first kappa shape index (κ1) is 12.0. The Labute approximate surface area is 89.6 Å². The summed E-state index contributed by atoms with van der Waals surface area (Å²) in [4.78, 5) is 13.5. The fourth-order valence-corrected chi connectivity index (χ4v) is 1.44. The molecule has 5 heteroatoms. The molecule has 1 amide bonds. The van der Waals surface area contributed by atoms with E-state index in [1.165, 1.54) is 0 Å². The summed E-state index contributed by atoms with van der Waals surface area (Å²) in [5.74, 6) is -0.0764. The molecule has 84 valence electrons. The van der Waals surface area contributed by atoms with Gasteiger partial charge in [0.1, 0.15) is 0 Å². The number of carbonyl (C=O) groups is 1. The van der Waals surface area contributed by atoms with E-state index in [2.05, 4.69) is 0 Å². The highest BCUT2D eigenvalue weighted by Crippen LogP contribution is 2.05. The molecule has 0 N–H and O–H groups in total. The lowest BCUT2D eigenvalue weighted by Crippen LogP contribution is -2.45. The maximum Gasteiger partial charge on any atom is 0.254 e. The highest BCUT2D eigenvalue weighted by atomic mass is 16.6. The topological polar surface area (TPSA) is 62.6 Å². The molecule has 5 nitrogen and oxygen atoms in total. The molecule has 0 aromatic carbocycles. The molecule has 0 aromatic heterocycles. The molecule has 1 unspecified atom stereocenters. The van der Waals surface area contributed by atoms with Crippen molar-refractivity contribution in [2.24, 2.45) is 0 Å². The van der Waals surface area contributed by atoms with Crippen LogP contribution in [-0.2, 0) is 14.3 Å². The molecule has 1 aliphatic rings. The maximum atomic E-state index is 11.8. The molecule has 15 heavy (non-hydrogen) atoms. The van der Waals surface area contributed by atoms with Gasteiger partial charge in [0.2, 0.25) is 0 Å². The molecule has 1 rings (SSSR count). The number of nitriles is 1. The fourth-order valence-electron chi connectivity index (χ4n) is 1.44. The standard InChI is InChI=1S/C10H16N2O3/c1-2-12(5-3-4-11)10(13)9-8-14-6-7-15-9/h9H,2-3,5-8H2,1H3. The first-order chi connectivity index (χ1) is 7.29. The quantitative estimate of drug-likeness (QED) is 0.666. The van der Waals surface area contributed by atoms with Crippen molar-refractivity contribution in [3.8, 4) is 6.07 Å². The van der Waals surface area contributed by atoms with Gasteiger partial charge >= 0.3 is 0 Å². The summed E-state index contributed by atoms with van der Waals surface area (Å²) in [7, 11) is 0. The highest BCUT2D eigenvalue weighted by Gasteiger charge is 2.26. The van der Waals surface area contributed by atoms with Crippen LogP contribution >= 0.6 is 0 Å². The Kier molecular flexibility index (Phi) is 5.08. The molecule has 0 saturated carbocycles. The first-order valence-electron chi connectivity index (χ1n) is 5.14. The smallest absolute Gasteiger partial charge is 0.254 e. The predicted octanol–water partition coefficient (Wildman–Crippen LogP) is 0.164. The number of likely N-dealkylation sites (N-methyl/N-ethyl adjacent to an activating group) is 1. The molecule has 1 saturated heterocycles. The summed E-state index contributed by atoms with van der Waals surface area (Å²) in [5, 5.41) is 8.46. The summed E-state index contributed by atoms with van der Waals surface area (Å²) in [6.07, 6.45) is -0.134. The highest BCUT2D eigenvalue weighted by molar-refractivity contribution is 5.81.